The van der Waals surface area contributed by atoms with Crippen LogP contribution >= 0.6 is 0 Å². The van der Waals surface area contributed by atoms with Crippen molar-refractivity contribution in [3.8, 4) is 5.69 Å². The fourth-order valence-electron chi connectivity index (χ4n) is 3.45. The summed E-state index contributed by atoms with van der Waals surface area (Å²) in [4.78, 5) is 12.5. The molecule has 134 valence electrons. The van der Waals surface area contributed by atoms with Gasteiger partial charge in [-0.3, -0.25) is 9.48 Å². The van der Waals surface area contributed by atoms with Gasteiger partial charge in [-0.1, -0.05) is 23.4 Å². The van der Waals surface area contributed by atoms with Crippen LogP contribution in [0.4, 0.5) is 0 Å². The van der Waals surface area contributed by atoms with Crippen LogP contribution in [0.5, 0.6) is 0 Å². The predicted molar refractivity (Wildman–Crippen MR) is 97.1 cm³/mol. The SMILES string of the molecule is Cc1cnn(C2CCC(NC(=O)c3cn(-c4ccccc4)nn3)CC2)c1. The first-order chi connectivity index (χ1) is 12.7. The smallest absolute Gasteiger partial charge is 0.273 e. The Kier molecular flexibility index (Phi) is 4.51. The minimum absolute atomic E-state index is 0.162. The molecule has 0 radical (unpaired) electrons. The molecule has 26 heavy (non-hydrogen) atoms. The Morgan fingerprint density at radius 1 is 1.12 bits per heavy atom. The lowest BCUT2D eigenvalue weighted by atomic mass is 9.91. The second kappa shape index (κ2) is 7.11. The van der Waals surface area contributed by atoms with E-state index in [2.05, 4.69) is 38.5 Å². The third kappa shape index (κ3) is 3.51. The Hall–Kier alpha value is -2.96. The lowest BCUT2D eigenvalue weighted by molar-refractivity contribution is 0.0916. The minimum atomic E-state index is -0.162. The third-order valence-corrected chi connectivity index (χ3v) is 4.88. The number of hydrogen-bond acceptors (Lipinski definition) is 4. The molecule has 1 N–H and O–H groups in total. The molecule has 1 aliphatic carbocycles. The van der Waals surface area contributed by atoms with Gasteiger partial charge in [0, 0.05) is 12.2 Å². The summed E-state index contributed by atoms with van der Waals surface area (Å²) in [5.41, 5.74) is 2.41. The van der Waals surface area contributed by atoms with Crippen LogP contribution in [0.15, 0.2) is 48.9 Å². The molecule has 0 atom stereocenters. The predicted octanol–water partition coefficient (Wildman–Crippen LogP) is 2.69. The first-order valence-electron chi connectivity index (χ1n) is 8.98. The van der Waals surface area contributed by atoms with E-state index in [4.69, 9.17) is 0 Å². The molecule has 4 rings (SSSR count). The van der Waals surface area contributed by atoms with Crippen molar-refractivity contribution in [3.63, 3.8) is 0 Å². The fraction of sp³-hybridized carbons (Fsp3) is 0.368. The summed E-state index contributed by atoms with van der Waals surface area (Å²) in [7, 11) is 0. The Bertz CT molecular complexity index is 876. The molecule has 1 aliphatic rings. The van der Waals surface area contributed by atoms with Crippen LogP contribution in [0, 0.1) is 6.92 Å². The van der Waals surface area contributed by atoms with Crippen LogP contribution in [0.25, 0.3) is 5.69 Å². The normalized spacial score (nSPS) is 20.0. The Morgan fingerprint density at radius 3 is 2.58 bits per heavy atom. The van der Waals surface area contributed by atoms with Gasteiger partial charge in [0.2, 0.25) is 0 Å². The Labute approximate surface area is 152 Å². The zero-order valence-electron chi connectivity index (χ0n) is 14.7. The highest BCUT2D eigenvalue weighted by Crippen LogP contribution is 2.28. The highest BCUT2D eigenvalue weighted by atomic mass is 16.2. The lowest BCUT2D eigenvalue weighted by Gasteiger charge is -2.29. The summed E-state index contributed by atoms with van der Waals surface area (Å²) >= 11 is 0. The van der Waals surface area contributed by atoms with E-state index in [1.165, 1.54) is 5.56 Å². The van der Waals surface area contributed by atoms with Gasteiger partial charge in [0.1, 0.15) is 0 Å². The van der Waals surface area contributed by atoms with Crippen LogP contribution in [0.2, 0.25) is 0 Å². The molecular formula is C19H22N6O. The van der Waals surface area contributed by atoms with E-state index in [-0.39, 0.29) is 11.9 Å². The molecule has 0 spiro atoms. The molecule has 0 aliphatic heterocycles. The monoisotopic (exact) mass is 350 g/mol. The largest absolute Gasteiger partial charge is 0.348 e. The zero-order chi connectivity index (χ0) is 17.9. The summed E-state index contributed by atoms with van der Waals surface area (Å²) in [5, 5.41) is 15.6. The van der Waals surface area contributed by atoms with E-state index in [1.807, 2.05) is 36.5 Å². The first-order valence-corrected chi connectivity index (χ1v) is 8.98. The summed E-state index contributed by atoms with van der Waals surface area (Å²) < 4.78 is 3.67. The van der Waals surface area contributed by atoms with Crippen LogP contribution in [0.1, 0.15) is 47.8 Å². The van der Waals surface area contributed by atoms with Gasteiger partial charge in [-0.05, 0) is 50.3 Å². The van der Waals surface area contributed by atoms with Crippen molar-refractivity contribution in [3.05, 3.63) is 60.2 Å². The zero-order valence-corrected chi connectivity index (χ0v) is 14.7. The van der Waals surface area contributed by atoms with Gasteiger partial charge in [0.05, 0.1) is 24.1 Å². The second-order valence-corrected chi connectivity index (χ2v) is 6.86. The van der Waals surface area contributed by atoms with E-state index >= 15 is 0 Å². The summed E-state index contributed by atoms with van der Waals surface area (Å²) in [6.07, 6.45) is 9.58. The highest BCUT2D eigenvalue weighted by Gasteiger charge is 2.25. The van der Waals surface area contributed by atoms with Gasteiger partial charge in [0.15, 0.2) is 5.69 Å². The number of carbonyl (C=O) groups is 1. The molecule has 0 unspecified atom stereocenters. The number of amides is 1. The van der Waals surface area contributed by atoms with Crippen LogP contribution in [-0.4, -0.2) is 36.7 Å². The van der Waals surface area contributed by atoms with E-state index in [0.717, 1.165) is 31.4 Å². The quantitative estimate of drug-likeness (QED) is 0.785. The molecule has 1 aromatic carbocycles. The molecule has 7 nitrogen and oxygen atoms in total. The maximum absolute atomic E-state index is 12.5. The molecule has 0 saturated heterocycles. The van der Waals surface area contributed by atoms with Crippen molar-refractivity contribution in [1.29, 1.82) is 0 Å². The number of benzene rings is 1. The highest BCUT2D eigenvalue weighted by molar-refractivity contribution is 5.92. The van der Waals surface area contributed by atoms with Crippen molar-refractivity contribution in [2.45, 2.75) is 44.7 Å². The number of nitrogens with zero attached hydrogens (tertiary/aromatic N) is 5. The minimum Gasteiger partial charge on any atom is -0.348 e. The average molecular weight is 350 g/mol. The Morgan fingerprint density at radius 2 is 1.88 bits per heavy atom. The summed E-state index contributed by atoms with van der Waals surface area (Å²) in [5.74, 6) is -0.162. The van der Waals surface area contributed by atoms with E-state index in [1.54, 1.807) is 10.9 Å². The summed E-state index contributed by atoms with van der Waals surface area (Å²) in [6, 6.07) is 10.2. The molecule has 1 fully saturated rings. The molecule has 7 heteroatoms. The van der Waals surface area contributed by atoms with E-state index < -0.39 is 0 Å². The van der Waals surface area contributed by atoms with Crippen LogP contribution in [0.3, 0.4) is 0 Å². The number of aryl methyl sites for hydroxylation is 1. The van der Waals surface area contributed by atoms with Crippen molar-refractivity contribution >= 4 is 5.91 Å². The number of rotatable bonds is 4. The van der Waals surface area contributed by atoms with Gasteiger partial charge in [-0.25, -0.2) is 4.68 Å². The third-order valence-electron chi connectivity index (χ3n) is 4.88. The van der Waals surface area contributed by atoms with Crippen molar-refractivity contribution in [1.82, 2.24) is 30.1 Å². The maximum atomic E-state index is 12.5. The lowest BCUT2D eigenvalue weighted by Crippen LogP contribution is -2.38. The molecule has 1 saturated carbocycles. The molecule has 1 amide bonds. The maximum Gasteiger partial charge on any atom is 0.273 e. The van der Waals surface area contributed by atoms with Gasteiger partial charge in [0.25, 0.3) is 5.91 Å². The van der Waals surface area contributed by atoms with E-state index in [9.17, 15) is 4.79 Å². The van der Waals surface area contributed by atoms with Gasteiger partial charge in [-0.15, -0.1) is 5.10 Å². The molecular weight excluding hydrogens is 328 g/mol. The van der Waals surface area contributed by atoms with Crippen molar-refractivity contribution in [2.24, 2.45) is 0 Å². The van der Waals surface area contributed by atoms with E-state index in [0.29, 0.717) is 11.7 Å². The standard InChI is InChI=1S/C19H22N6O/c1-14-11-20-24(12-14)17-9-7-15(8-10-17)21-19(26)18-13-25(23-22-18)16-5-3-2-4-6-16/h2-6,11-13,15,17H,7-10H2,1H3,(H,21,26). The number of hydrogen-bond donors (Lipinski definition) is 1. The number of nitrogens with one attached hydrogen (secondary N) is 1. The van der Waals surface area contributed by atoms with Gasteiger partial charge < -0.3 is 5.32 Å². The fourth-order valence-corrected chi connectivity index (χ4v) is 3.45. The van der Waals surface area contributed by atoms with Gasteiger partial charge >= 0.3 is 0 Å². The molecule has 2 heterocycles. The van der Waals surface area contributed by atoms with Crippen molar-refractivity contribution in [2.75, 3.05) is 0 Å². The molecule has 0 bridgehead atoms. The number of carbonyl (C=O) groups excluding carboxylic acids is 1. The topological polar surface area (TPSA) is 77.6 Å². The molecule has 2 aromatic heterocycles. The summed E-state index contributed by atoms with van der Waals surface area (Å²) in [6.45, 7) is 2.05. The second-order valence-electron chi connectivity index (χ2n) is 6.86. The van der Waals surface area contributed by atoms with Gasteiger partial charge in [-0.2, -0.15) is 5.10 Å². The average Bonchev–Trinajstić information content (AvgIpc) is 3.32. The van der Waals surface area contributed by atoms with Crippen LogP contribution in [-0.2, 0) is 0 Å². The van der Waals surface area contributed by atoms with Crippen molar-refractivity contribution < 1.29 is 4.79 Å². The number of para-hydroxylation sites is 1. The Balaban J connectivity index is 1.34. The molecule has 3 aromatic rings. The van der Waals surface area contributed by atoms with Crippen LogP contribution < -0.4 is 5.32 Å². The first kappa shape index (κ1) is 16.5. The number of aromatic nitrogens is 5.